The smallest absolute Gasteiger partial charge is 1.00 e. The molecule has 3 heteroatoms. The Kier molecular flexibility index (Phi) is 8.35. The molecule has 2 fully saturated rings. The molecule has 0 bridgehead atoms. The van der Waals surface area contributed by atoms with E-state index in [-0.39, 0.29) is 35.6 Å². The number of rotatable bonds is 3. The van der Waals surface area contributed by atoms with E-state index in [9.17, 15) is 0 Å². The van der Waals surface area contributed by atoms with Gasteiger partial charge in [-0.2, -0.15) is 11.8 Å². The molecule has 0 aromatic heterocycles. The summed E-state index contributed by atoms with van der Waals surface area (Å²) in [5.41, 5.74) is 0. The summed E-state index contributed by atoms with van der Waals surface area (Å²) in [6.07, 6.45) is 29.3. The standard InChI is InChI=1S/C20H24.2FH.Zr/c1-2-6-18-12-15(11-17(18)5-1)9-10-16-13-19-7-3-4-8-20(19)14-16;;;/h1-8,11,13,15-20H,9-10,12,14H2;2*1H;/q-2;;;+4/p-2. The SMILES string of the molecule is C1=CC2[CH-]C(CCC3[CH-]C4C=CC=CC4C3)CC2C=C1.[F-].[F-].[Zr+4]. The fraction of sp³-hybridized carbons (Fsp3) is 0.500. The molecule has 0 aromatic rings. The zero-order chi connectivity index (χ0) is 13.4. The topological polar surface area (TPSA) is 0 Å². The van der Waals surface area contributed by atoms with Crippen LogP contribution < -0.4 is 9.41 Å². The van der Waals surface area contributed by atoms with Crippen LogP contribution in [0.15, 0.2) is 48.6 Å². The van der Waals surface area contributed by atoms with Gasteiger partial charge >= 0.3 is 26.2 Å². The van der Waals surface area contributed by atoms with Gasteiger partial charge in [0.1, 0.15) is 0 Å². The maximum absolute atomic E-state index is 2.62. The molecule has 6 unspecified atom stereocenters. The predicted octanol–water partition coefficient (Wildman–Crippen LogP) is -1.06. The first-order valence-electron chi connectivity index (χ1n) is 8.28. The van der Waals surface area contributed by atoms with E-state index < -0.39 is 0 Å². The predicted molar refractivity (Wildman–Crippen MR) is 84.6 cm³/mol. The first-order valence-corrected chi connectivity index (χ1v) is 8.28. The second-order valence-electron chi connectivity index (χ2n) is 6.98. The monoisotopic (exact) mass is 392 g/mol. The molecule has 0 saturated heterocycles. The van der Waals surface area contributed by atoms with Gasteiger partial charge in [0.25, 0.3) is 0 Å². The minimum absolute atomic E-state index is 0. The van der Waals surface area contributed by atoms with Crippen molar-refractivity contribution in [3.63, 3.8) is 0 Å². The summed E-state index contributed by atoms with van der Waals surface area (Å²) in [7, 11) is 0. The van der Waals surface area contributed by atoms with Crippen molar-refractivity contribution in [2.75, 3.05) is 0 Å². The van der Waals surface area contributed by atoms with Crippen molar-refractivity contribution >= 4 is 0 Å². The van der Waals surface area contributed by atoms with E-state index in [2.05, 4.69) is 61.4 Å². The Balaban J connectivity index is 0.000000882. The molecule has 0 aliphatic heterocycles. The van der Waals surface area contributed by atoms with Gasteiger partial charge in [-0.15, -0.1) is 24.0 Å². The summed E-state index contributed by atoms with van der Waals surface area (Å²) in [5.74, 6) is 4.74. The zero-order valence-electron chi connectivity index (χ0n) is 13.3. The Hall–Kier alpha value is -0.297. The second kappa shape index (κ2) is 9.26. The van der Waals surface area contributed by atoms with E-state index in [1.165, 1.54) is 25.7 Å². The number of halogens is 2. The average molecular weight is 394 g/mol. The molecule has 0 N–H and O–H groups in total. The zero-order valence-corrected chi connectivity index (χ0v) is 15.8. The Labute approximate surface area is 158 Å². The van der Waals surface area contributed by atoms with Gasteiger partial charge in [-0.05, 0) is 11.8 Å². The van der Waals surface area contributed by atoms with Gasteiger partial charge < -0.3 is 22.3 Å². The summed E-state index contributed by atoms with van der Waals surface area (Å²) in [6, 6.07) is 0. The van der Waals surface area contributed by atoms with Crippen LogP contribution in [0, 0.1) is 48.3 Å². The van der Waals surface area contributed by atoms with E-state index in [4.69, 9.17) is 0 Å². The van der Waals surface area contributed by atoms with Gasteiger partial charge in [0.15, 0.2) is 0 Å². The second-order valence-corrected chi connectivity index (χ2v) is 6.98. The summed E-state index contributed by atoms with van der Waals surface area (Å²) in [5, 5.41) is 0. The quantitative estimate of drug-likeness (QED) is 0.536. The molecule has 122 valence electrons. The third-order valence-corrected chi connectivity index (χ3v) is 5.64. The van der Waals surface area contributed by atoms with Crippen LogP contribution in [0.4, 0.5) is 0 Å². The van der Waals surface area contributed by atoms with Gasteiger partial charge in [0.05, 0.1) is 0 Å². The molecule has 2 saturated carbocycles. The van der Waals surface area contributed by atoms with Crippen LogP contribution in [0.5, 0.6) is 0 Å². The van der Waals surface area contributed by atoms with Gasteiger partial charge in [-0.25, -0.2) is 0 Å². The van der Waals surface area contributed by atoms with Crippen LogP contribution in [-0.4, -0.2) is 0 Å². The van der Waals surface area contributed by atoms with Gasteiger partial charge in [-0.1, -0.05) is 62.1 Å². The van der Waals surface area contributed by atoms with Crippen LogP contribution in [0.2, 0.25) is 0 Å². The summed E-state index contributed by atoms with van der Waals surface area (Å²) < 4.78 is 0. The molecule has 0 nitrogen and oxygen atoms in total. The van der Waals surface area contributed by atoms with Crippen LogP contribution >= 0.6 is 0 Å². The Morgan fingerprint density at radius 2 is 1.04 bits per heavy atom. The van der Waals surface area contributed by atoms with Crippen molar-refractivity contribution in [2.24, 2.45) is 35.5 Å². The van der Waals surface area contributed by atoms with Gasteiger partial charge in [0, 0.05) is 0 Å². The van der Waals surface area contributed by atoms with Crippen LogP contribution in [0.3, 0.4) is 0 Å². The normalized spacial score (nSPS) is 39.0. The molecule has 23 heavy (non-hydrogen) atoms. The molecular weight excluding hydrogens is 369 g/mol. The molecule has 0 radical (unpaired) electrons. The molecule has 0 heterocycles. The van der Waals surface area contributed by atoms with E-state index in [0.717, 1.165) is 35.5 Å². The fourth-order valence-electron chi connectivity index (χ4n) is 4.57. The maximum Gasteiger partial charge on any atom is 4.00 e. The molecule has 6 atom stereocenters. The number of hydrogen-bond donors (Lipinski definition) is 0. The van der Waals surface area contributed by atoms with Crippen molar-refractivity contribution in [3.05, 3.63) is 61.4 Å². The van der Waals surface area contributed by atoms with E-state index in [1.54, 1.807) is 0 Å². The van der Waals surface area contributed by atoms with Crippen LogP contribution in [-0.2, 0) is 26.2 Å². The minimum atomic E-state index is 0. The maximum atomic E-state index is 2.62. The van der Waals surface area contributed by atoms with E-state index in [0.29, 0.717) is 0 Å². The first kappa shape index (κ1) is 20.7. The third-order valence-electron chi connectivity index (χ3n) is 5.64. The van der Waals surface area contributed by atoms with Crippen molar-refractivity contribution < 1.29 is 35.6 Å². The Morgan fingerprint density at radius 3 is 1.43 bits per heavy atom. The number of hydrogen-bond acceptors (Lipinski definition) is 0. The molecule has 0 amide bonds. The molecule has 4 aliphatic rings. The molecular formula is C20H24F2Zr. The molecule has 0 spiro atoms. The molecule has 4 rings (SSSR count). The Morgan fingerprint density at radius 1 is 0.652 bits per heavy atom. The van der Waals surface area contributed by atoms with Crippen LogP contribution in [0.1, 0.15) is 25.7 Å². The van der Waals surface area contributed by atoms with Crippen molar-refractivity contribution in [1.29, 1.82) is 0 Å². The number of allylic oxidation sites excluding steroid dienone is 8. The van der Waals surface area contributed by atoms with Crippen molar-refractivity contribution in [3.8, 4) is 0 Å². The van der Waals surface area contributed by atoms with E-state index in [1.807, 2.05) is 0 Å². The summed E-state index contributed by atoms with van der Waals surface area (Å²) in [4.78, 5) is 0. The minimum Gasteiger partial charge on any atom is -1.00 e. The van der Waals surface area contributed by atoms with Crippen molar-refractivity contribution in [1.82, 2.24) is 0 Å². The third kappa shape index (κ3) is 4.62. The first-order chi connectivity index (χ1) is 9.88. The number of fused-ring (bicyclic) bond motifs is 2. The van der Waals surface area contributed by atoms with E-state index >= 15 is 0 Å². The Bertz CT molecular complexity index is 396. The fourth-order valence-corrected chi connectivity index (χ4v) is 4.57. The summed E-state index contributed by atoms with van der Waals surface area (Å²) >= 11 is 0. The van der Waals surface area contributed by atoms with Crippen LogP contribution in [0.25, 0.3) is 0 Å². The molecule has 4 aliphatic carbocycles. The van der Waals surface area contributed by atoms with Gasteiger partial charge in [0.2, 0.25) is 0 Å². The average Bonchev–Trinajstić information content (AvgIpc) is 3.07. The summed E-state index contributed by atoms with van der Waals surface area (Å²) in [6.45, 7) is 0. The molecule has 0 aromatic carbocycles. The van der Waals surface area contributed by atoms with Gasteiger partial charge in [-0.3, -0.25) is 0 Å². The van der Waals surface area contributed by atoms with Crippen molar-refractivity contribution in [2.45, 2.75) is 25.7 Å². The largest absolute Gasteiger partial charge is 4.00 e.